The maximum Gasteiger partial charge on any atom is 0.326 e. The number of amides is 3. The number of aliphatic imine (C=N–C) groups is 1. The van der Waals surface area contributed by atoms with Gasteiger partial charge in [0.05, 0.1) is 6.04 Å². The number of unbranched alkanes of at least 4 members (excludes halogenated alkanes) is 1. The molecule has 0 heterocycles. The molecule has 4 atom stereocenters. The van der Waals surface area contributed by atoms with Crippen LogP contribution in [0.2, 0.25) is 0 Å². The highest BCUT2D eigenvalue weighted by atomic mass is 16.4. The molecule has 4 unspecified atom stereocenters. The third kappa shape index (κ3) is 14.3. The summed E-state index contributed by atoms with van der Waals surface area (Å²) >= 11 is 0. The third-order valence-corrected chi connectivity index (χ3v) is 6.21. The second-order valence-corrected chi connectivity index (χ2v) is 10.4. The number of carboxylic acids is 1. The van der Waals surface area contributed by atoms with Gasteiger partial charge in [0.1, 0.15) is 23.9 Å². The van der Waals surface area contributed by atoms with Crippen molar-refractivity contribution in [3.8, 4) is 5.75 Å². The van der Waals surface area contributed by atoms with E-state index in [0.717, 1.165) is 5.56 Å². The van der Waals surface area contributed by atoms with E-state index < -0.39 is 47.9 Å². The molecule has 14 nitrogen and oxygen atoms in total. The second kappa shape index (κ2) is 18.4. The van der Waals surface area contributed by atoms with E-state index in [0.29, 0.717) is 25.8 Å². The van der Waals surface area contributed by atoms with E-state index in [9.17, 15) is 29.4 Å². The van der Waals surface area contributed by atoms with Crippen LogP contribution < -0.4 is 38.9 Å². The lowest BCUT2D eigenvalue weighted by Gasteiger charge is -2.26. The number of carboxylic acid groups (broad SMARTS) is 1. The van der Waals surface area contributed by atoms with Crippen LogP contribution in [0.25, 0.3) is 0 Å². The van der Waals surface area contributed by atoms with Crippen LogP contribution in [0.3, 0.4) is 0 Å². The summed E-state index contributed by atoms with van der Waals surface area (Å²) in [5.74, 6) is -3.08. The van der Waals surface area contributed by atoms with Gasteiger partial charge in [-0.25, -0.2) is 4.79 Å². The molecule has 0 saturated heterocycles. The standard InChI is InChI=1S/C27H46N8O6/c1-16(2)14-22(35-23(37)19(29)15-17-8-10-18(36)11-9-17)25(39)33-20(7-5-13-32-27(30)31)24(38)34-21(26(40)41)6-3-4-12-28/h8-11,16,19-22,36H,3-7,12-15,28-29H2,1-2H3,(H,33,39)(H,34,38)(H,35,37)(H,40,41)(H4,30,31,32). The summed E-state index contributed by atoms with van der Waals surface area (Å²) in [6, 6.07) is 2.03. The molecule has 0 bridgehead atoms. The van der Waals surface area contributed by atoms with E-state index in [1.165, 1.54) is 12.1 Å². The van der Waals surface area contributed by atoms with Crippen LogP contribution in [0.15, 0.2) is 29.3 Å². The molecule has 1 aromatic rings. The Balaban J connectivity index is 3.01. The molecule has 0 fully saturated rings. The summed E-state index contributed by atoms with van der Waals surface area (Å²) in [6.07, 6.45) is 2.16. The quantitative estimate of drug-likeness (QED) is 0.0551. The highest BCUT2D eigenvalue weighted by molar-refractivity contribution is 5.94. The Morgan fingerprint density at radius 1 is 0.854 bits per heavy atom. The van der Waals surface area contributed by atoms with Crippen LogP contribution in [-0.4, -0.2) is 77.1 Å². The molecule has 1 aromatic carbocycles. The van der Waals surface area contributed by atoms with Gasteiger partial charge in [0.2, 0.25) is 17.7 Å². The number of hydrogen-bond donors (Lipinski definition) is 9. The minimum absolute atomic E-state index is 0.00690. The van der Waals surface area contributed by atoms with Crippen molar-refractivity contribution in [2.45, 2.75) is 83.0 Å². The second-order valence-electron chi connectivity index (χ2n) is 10.4. The van der Waals surface area contributed by atoms with E-state index in [-0.39, 0.29) is 49.9 Å². The first-order valence-corrected chi connectivity index (χ1v) is 13.8. The molecule has 0 saturated carbocycles. The van der Waals surface area contributed by atoms with Gasteiger partial charge in [-0.2, -0.15) is 0 Å². The molecule has 0 spiro atoms. The number of carbonyl (C=O) groups excluding carboxylic acids is 3. The third-order valence-electron chi connectivity index (χ3n) is 6.21. The fourth-order valence-electron chi connectivity index (χ4n) is 4.03. The summed E-state index contributed by atoms with van der Waals surface area (Å²) in [6.45, 7) is 4.34. The van der Waals surface area contributed by atoms with Gasteiger partial charge in [0.15, 0.2) is 5.96 Å². The van der Waals surface area contributed by atoms with Crippen LogP contribution in [0.4, 0.5) is 0 Å². The zero-order chi connectivity index (χ0) is 30.9. The molecule has 14 heteroatoms. The van der Waals surface area contributed by atoms with Gasteiger partial charge in [0.25, 0.3) is 0 Å². The van der Waals surface area contributed by atoms with E-state index in [1.54, 1.807) is 12.1 Å². The minimum atomic E-state index is -1.20. The molecule has 230 valence electrons. The van der Waals surface area contributed by atoms with Gasteiger partial charge in [-0.15, -0.1) is 0 Å². The number of nitrogens with two attached hydrogens (primary N) is 4. The van der Waals surface area contributed by atoms with Gasteiger partial charge in [0, 0.05) is 6.54 Å². The van der Waals surface area contributed by atoms with E-state index in [1.807, 2.05) is 13.8 Å². The van der Waals surface area contributed by atoms with E-state index in [4.69, 9.17) is 22.9 Å². The smallest absolute Gasteiger partial charge is 0.326 e. The van der Waals surface area contributed by atoms with Crippen molar-refractivity contribution in [2.75, 3.05) is 13.1 Å². The Morgan fingerprint density at radius 2 is 1.41 bits per heavy atom. The maximum absolute atomic E-state index is 13.3. The van der Waals surface area contributed by atoms with E-state index in [2.05, 4.69) is 20.9 Å². The van der Waals surface area contributed by atoms with Crippen molar-refractivity contribution in [1.82, 2.24) is 16.0 Å². The monoisotopic (exact) mass is 578 g/mol. The van der Waals surface area contributed by atoms with Crippen molar-refractivity contribution in [3.05, 3.63) is 29.8 Å². The first-order valence-electron chi connectivity index (χ1n) is 13.8. The van der Waals surface area contributed by atoms with Crippen LogP contribution >= 0.6 is 0 Å². The Kier molecular flexibility index (Phi) is 15.8. The van der Waals surface area contributed by atoms with Gasteiger partial charge < -0.3 is 49.1 Å². The molecule has 0 aliphatic carbocycles. The Morgan fingerprint density at radius 3 is 1.98 bits per heavy atom. The molecule has 1 rings (SSSR count). The number of hydrogen-bond acceptors (Lipinski definition) is 8. The normalized spacial score (nSPS) is 13.9. The summed E-state index contributed by atoms with van der Waals surface area (Å²) in [5.41, 5.74) is 23.0. The highest BCUT2D eigenvalue weighted by Crippen LogP contribution is 2.12. The fraction of sp³-hybridized carbons (Fsp3) is 0.593. The number of benzene rings is 1. The minimum Gasteiger partial charge on any atom is -0.508 e. The van der Waals surface area contributed by atoms with Gasteiger partial charge >= 0.3 is 5.97 Å². The van der Waals surface area contributed by atoms with Gasteiger partial charge in [-0.1, -0.05) is 26.0 Å². The Labute approximate surface area is 240 Å². The zero-order valence-corrected chi connectivity index (χ0v) is 23.8. The molecule has 0 aliphatic rings. The number of phenolic OH excluding ortho intramolecular Hbond substituents is 1. The number of nitrogens with one attached hydrogen (secondary N) is 3. The molecule has 0 radical (unpaired) electrons. The summed E-state index contributed by atoms with van der Waals surface area (Å²) in [5, 5.41) is 26.9. The SMILES string of the molecule is CC(C)CC(NC(=O)C(N)Cc1ccc(O)cc1)C(=O)NC(CCCN=C(N)N)C(=O)NC(CCCCN)C(=O)O. The van der Waals surface area contributed by atoms with Crippen molar-refractivity contribution in [3.63, 3.8) is 0 Å². The van der Waals surface area contributed by atoms with Gasteiger partial charge in [-0.3, -0.25) is 19.4 Å². The Bertz CT molecular complexity index is 1010. The average molecular weight is 579 g/mol. The van der Waals surface area contributed by atoms with Crippen molar-refractivity contribution in [2.24, 2.45) is 33.8 Å². The molecular formula is C27H46N8O6. The highest BCUT2D eigenvalue weighted by Gasteiger charge is 2.30. The van der Waals surface area contributed by atoms with Crippen LogP contribution in [-0.2, 0) is 25.6 Å². The number of aliphatic carboxylic acids is 1. The average Bonchev–Trinajstić information content (AvgIpc) is 2.89. The molecule has 0 aromatic heterocycles. The number of aromatic hydroxyl groups is 1. The Hall–Kier alpha value is -3.91. The van der Waals surface area contributed by atoms with Crippen molar-refractivity contribution in [1.29, 1.82) is 0 Å². The predicted octanol–water partition coefficient (Wildman–Crippen LogP) is -0.970. The number of carbonyl (C=O) groups is 4. The summed E-state index contributed by atoms with van der Waals surface area (Å²) in [4.78, 5) is 55.0. The fourth-order valence-corrected chi connectivity index (χ4v) is 4.03. The first kappa shape index (κ1) is 35.1. The van der Waals surface area contributed by atoms with E-state index >= 15 is 0 Å². The molecule has 0 aliphatic heterocycles. The number of guanidine groups is 1. The topological polar surface area (TPSA) is 261 Å². The zero-order valence-electron chi connectivity index (χ0n) is 23.8. The summed E-state index contributed by atoms with van der Waals surface area (Å²) < 4.78 is 0. The molecular weight excluding hydrogens is 532 g/mol. The van der Waals surface area contributed by atoms with Crippen LogP contribution in [0.5, 0.6) is 5.75 Å². The van der Waals surface area contributed by atoms with Gasteiger partial charge in [-0.05, 0) is 75.1 Å². The van der Waals surface area contributed by atoms with Crippen molar-refractivity contribution >= 4 is 29.7 Å². The lowest BCUT2D eigenvalue weighted by atomic mass is 10.0. The molecule has 3 amide bonds. The first-order chi connectivity index (χ1) is 19.3. The number of nitrogens with zero attached hydrogens (tertiary/aromatic N) is 1. The lowest BCUT2D eigenvalue weighted by molar-refractivity contribution is -0.142. The largest absolute Gasteiger partial charge is 0.508 e. The van der Waals surface area contributed by atoms with Crippen molar-refractivity contribution < 1.29 is 29.4 Å². The lowest BCUT2D eigenvalue weighted by Crippen LogP contribution is -2.57. The maximum atomic E-state index is 13.3. The summed E-state index contributed by atoms with van der Waals surface area (Å²) in [7, 11) is 0. The number of phenols is 1. The number of rotatable bonds is 19. The van der Waals surface area contributed by atoms with Crippen LogP contribution in [0.1, 0.15) is 57.9 Å². The molecule has 13 N–H and O–H groups in total. The van der Waals surface area contributed by atoms with Crippen LogP contribution in [0, 0.1) is 5.92 Å². The molecule has 41 heavy (non-hydrogen) atoms. The predicted molar refractivity (Wildman–Crippen MR) is 155 cm³/mol.